The first-order valence-corrected chi connectivity index (χ1v) is 7.23. The fourth-order valence-electron chi connectivity index (χ4n) is 2.45. The van der Waals surface area contributed by atoms with E-state index in [-0.39, 0.29) is 0 Å². The van der Waals surface area contributed by atoms with Crippen molar-refractivity contribution in [2.75, 3.05) is 12.8 Å². The molecule has 1 aromatic heterocycles. The van der Waals surface area contributed by atoms with Gasteiger partial charge in [0.15, 0.2) is 0 Å². The molecule has 3 nitrogen and oxygen atoms in total. The van der Waals surface area contributed by atoms with Gasteiger partial charge in [-0.2, -0.15) is 11.8 Å². The van der Waals surface area contributed by atoms with Crippen molar-refractivity contribution >= 4 is 11.8 Å². The summed E-state index contributed by atoms with van der Waals surface area (Å²) in [6.45, 7) is 4.07. The highest BCUT2D eigenvalue weighted by Crippen LogP contribution is 2.39. The number of H-pyrrole nitrogens is 1. The summed E-state index contributed by atoms with van der Waals surface area (Å²) < 4.78 is 0.490. The third-order valence-corrected chi connectivity index (χ3v) is 5.04. The summed E-state index contributed by atoms with van der Waals surface area (Å²) in [6.07, 6.45) is 9.52. The van der Waals surface area contributed by atoms with Crippen molar-refractivity contribution in [3.8, 4) is 0 Å². The molecular formula is C12H21N3S. The van der Waals surface area contributed by atoms with Crippen molar-refractivity contribution in [2.45, 2.75) is 43.9 Å². The molecule has 90 valence electrons. The molecule has 0 amide bonds. The van der Waals surface area contributed by atoms with Gasteiger partial charge in [-0.15, -0.1) is 0 Å². The topological polar surface area (TPSA) is 40.7 Å². The Morgan fingerprint density at radius 2 is 2.25 bits per heavy atom. The van der Waals surface area contributed by atoms with E-state index in [4.69, 9.17) is 0 Å². The summed E-state index contributed by atoms with van der Waals surface area (Å²) in [5.41, 5.74) is 2.33. The Labute approximate surface area is 102 Å². The fraction of sp³-hybridized carbons (Fsp3) is 0.750. The second-order valence-electron chi connectivity index (χ2n) is 4.67. The zero-order valence-electron chi connectivity index (χ0n) is 10.2. The lowest BCUT2D eigenvalue weighted by atomic mass is 10.1. The van der Waals surface area contributed by atoms with Gasteiger partial charge in [-0.1, -0.05) is 12.8 Å². The number of imidazole rings is 1. The van der Waals surface area contributed by atoms with Crippen molar-refractivity contribution in [1.82, 2.24) is 15.3 Å². The van der Waals surface area contributed by atoms with E-state index >= 15 is 0 Å². The van der Waals surface area contributed by atoms with Gasteiger partial charge in [0, 0.05) is 23.5 Å². The average Bonchev–Trinajstić information content (AvgIpc) is 2.90. The number of aromatic nitrogens is 2. The van der Waals surface area contributed by atoms with Gasteiger partial charge >= 0.3 is 0 Å². The minimum atomic E-state index is 0.490. The number of nitrogens with one attached hydrogen (secondary N) is 2. The molecule has 0 atom stereocenters. The molecule has 1 aliphatic carbocycles. The molecule has 0 saturated heterocycles. The van der Waals surface area contributed by atoms with E-state index in [1.165, 1.54) is 31.4 Å². The molecule has 2 N–H and O–H groups in total. The van der Waals surface area contributed by atoms with Crippen LogP contribution in [0.2, 0.25) is 0 Å². The molecule has 1 saturated carbocycles. The van der Waals surface area contributed by atoms with Crippen LogP contribution in [-0.4, -0.2) is 27.5 Å². The molecule has 0 aromatic carbocycles. The number of hydrogen-bond acceptors (Lipinski definition) is 3. The van der Waals surface area contributed by atoms with Crippen LogP contribution in [0.3, 0.4) is 0 Å². The van der Waals surface area contributed by atoms with Crippen molar-refractivity contribution in [2.24, 2.45) is 0 Å². The number of hydrogen-bond donors (Lipinski definition) is 2. The second kappa shape index (κ2) is 5.23. The second-order valence-corrected chi connectivity index (χ2v) is 5.95. The summed E-state index contributed by atoms with van der Waals surface area (Å²) in [7, 11) is 0. The van der Waals surface area contributed by atoms with E-state index in [2.05, 4.69) is 28.5 Å². The third kappa shape index (κ3) is 2.61. The molecule has 0 spiro atoms. The van der Waals surface area contributed by atoms with Crippen LogP contribution in [0.15, 0.2) is 6.33 Å². The first-order valence-electron chi connectivity index (χ1n) is 6.00. The lowest BCUT2D eigenvalue weighted by Gasteiger charge is -2.26. The van der Waals surface area contributed by atoms with E-state index in [1.54, 1.807) is 6.33 Å². The molecule has 16 heavy (non-hydrogen) atoms. The van der Waals surface area contributed by atoms with Gasteiger partial charge in [0.05, 0.1) is 12.0 Å². The van der Waals surface area contributed by atoms with Gasteiger partial charge in [0.2, 0.25) is 0 Å². The van der Waals surface area contributed by atoms with Crippen molar-refractivity contribution in [1.29, 1.82) is 0 Å². The van der Waals surface area contributed by atoms with Crippen LogP contribution in [-0.2, 0) is 6.54 Å². The standard InChI is InChI=1S/C12H21N3S/c1-10-11(15-9-14-10)7-13-8-12(16-2)5-3-4-6-12/h9,13H,3-8H2,1-2H3,(H,14,15). The summed E-state index contributed by atoms with van der Waals surface area (Å²) in [4.78, 5) is 7.42. The van der Waals surface area contributed by atoms with E-state index in [0.717, 1.165) is 18.8 Å². The van der Waals surface area contributed by atoms with Crippen molar-refractivity contribution in [3.05, 3.63) is 17.7 Å². The molecule has 1 aliphatic rings. The maximum absolute atomic E-state index is 4.30. The summed E-state index contributed by atoms with van der Waals surface area (Å²) in [6, 6.07) is 0. The van der Waals surface area contributed by atoms with Gasteiger partial charge in [-0.25, -0.2) is 4.98 Å². The first-order chi connectivity index (χ1) is 7.76. The van der Waals surface area contributed by atoms with Gasteiger partial charge in [-0.3, -0.25) is 0 Å². The molecule has 0 radical (unpaired) electrons. The van der Waals surface area contributed by atoms with Crippen LogP contribution in [0.5, 0.6) is 0 Å². The largest absolute Gasteiger partial charge is 0.348 e. The lowest BCUT2D eigenvalue weighted by molar-refractivity contribution is 0.530. The first kappa shape index (κ1) is 12.0. The zero-order chi connectivity index (χ0) is 11.4. The van der Waals surface area contributed by atoms with E-state index in [0.29, 0.717) is 4.75 Å². The highest BCUT2D eigenvalue weighted by atomic mass is 32.2. The maximum atomic E-state index is 4.30. The Balaban J connectivity index is 1.81. The van der Waals surface area contributed by atoms with E-state index in [1.807, 2.05) is 11.8 Å². The van der Waals surface area contributed by atoms with Gasteiger partial charge in [-0.05, 0) is 26.0 Å². The summed E-state index contributed by atoms with van der Waals surface area (Å²) >= 11 is 2.03. The number of aryl methyl sites for hydroxylation is 1. The van der Waals surface area contributed by atoms with Crippen LogP contribution < -0.4 is 5.32 Å². The lowest BCUT2D eigenvalue weighted by Crippen LogP contribution is -2.34. The predicted octanol–water partition coefficient (Wildman–Crippen LogP) is 2.48. The number of rotatable bonds is 5. The molecule has 4 heteroatoms. The van der Waals surface area contributed by atoms with Gasteiger partial charge in [0.25, 0.3) is 0 Å². The average molecular weight is 239 g/mol. The Bertz CT molecular complexity index is 329. The van der Waals surface area contributed by atoms with E-state index < -0.39 is 0 Å². The Kier molecular flexibility index (Phi) is 3.92. The SMILES string of the molecule is CSC1(CNCc2nc[nH]c2C)CCCC1. The maximum Gasteiger partial charge on any atom is 0.0925 e. The Morgan fingerprint density at radius 1 is 1.50 bits per heavy atom. The summed E-state index contributed by atoms with van der Waals surface area (Å²) in [5.74, 6) is 0. The normalized spacial score (nSPS) is 19.1. The van der Waals surface area contributed by atoms with Crippen LogP contribution in [0.1, 0.15) is 37.1 Å². The van der Waals surface area contributed by atoms with Crippen LogP contribution in [0.4, 0.5) is 0 Å². The van der Waals surface area contributed by atoms with Crippen LogP contribution >= 0.6 is 11.8 Å². The highest BCUT2D eigenvalue weighted by Gasteiger charge is 2.32. The Hall–Kier alpha value is -0.480. The smallest absolute Gasteiger partial charge is 0.0925 e. The molecule has 0 aliphatic heterocycles. The van der Waals surface area contributed by atoms with Crippen LogP contribution in [0.25, 0.3) is 0 Å². The molecule has 1 aromatic rings. The predicted molar refractivity (Wildman–Crippen MR) is 69.7 cm³/mol. The van der Waals surface area contributed by atoms with Crippen molar-refractivity contribution < 1.29 is 0 Å². The molecule has 1 fully saturated rings. The summed E-state index contributed by atoms with van der Waals surface area (Å²) in [5, 5.41) is 3.56. The zero-order valence-corrected chi connectivity index (χ0v) is 11.0. The monoisotopic (exact) mass is 239 g/mol. The molecular weight excluding hydrogens is 218 g/mol. The molecule has 0 unspecified atom stereocenters. The van der Waals surface area contributed by atoms with Crippen molar-refractivity contribution in [3.63, 3.8) is 0 Å². The van der Waals surface area contributed by atoms with Gasteiger partial charge < -0.3 is 10.3 Å². The Morgan fingerprint density at radius 3 is 2.81 bits per heavy atom. The molecule has 1 heterocycles. The quantitative estimate of drug-likeness (QED) is 0.829. The molecule has 2 rings (SSSR count). The number of aromatic amines is 1. The third-order valence-electron chi connectivity index (χ3n) is 3.62. The number of thioether (sulfide) groups is 1. The fourth-order valence-corrected chi connectivity index (χ4v) is 3.39. The minimum absolute atomic E-state index is 0.490. The van der Waals surface area contributed by atoms with Gasteiger partial charge in [0.1, 0.15) is 0 Å². The highest BCUT2D eigenvalue weighted by molar-refractivity contribution is 8.00. The van der Waals surface area contributed by atoms with E-state index in [9.17, 15) is 0 Å². The number of nitrogens with zero attached hydrogens (tertiary/aromatic N) is 1. The van der Waals surface area contributed by atoms with Crippen LogP contribution in [0, 0.1) is 6.92 Å². The minimum Gasteiger partial charge on any atom is -0.348 e. The molecule has 0 bridgehead atoms.